The van der Waals surface area contributed by atoms with Crippen LogP contribution in [-0.2, 0) is 4.79 Å². The molecule has 1 heterocycles. The number of rotatable bonds is 5. The highest BCUT2D eigenvalue weighted by atomic mass is 16.2. The Morgan fingerprint density at radius 3 is 2.50 bits per heavy atom. The first-order valence-electron chi connectivity index (χ1n) is 7.16. The van der Waals surface area contributed by atoms with Crippen LogP contribution in [0.2, 0.25) is 0 Å². The largest absolute Gasteiger partial charge is 0.341 e. The topological polar surface area (TPSA) is 49.6 Å². The minimum atomic E-state index is -0.356. The average molecular weight is 255 g/mol. The molecule has 4 heteroatoms. The first-order chi connectivity index (χ1) is 8.50. The van der Waals surface area contributed by atoms with Gasteiger partial charge in [-0.05, 0) is 39.3 Å². The number of likely N-dealkylation sites (N-methyl/N-ethyl adjacent to an activating group) is 2. The lowest BCUT2D eigenvalue weighted by atomic mass is 9.80. The molecule has 0 aromatic carbocycles. The Hall–Kier alpha value is -0.610. The highest BCUT2D eigenvalue weighted by Crippen LogP contribution is 2.29. The van der Waals surface area contributed by atoms with Gasteiger partial charge in [-0.25, -0.2) is 0 Å². The van der Waals surface area contributed by atoms with Crippen molar-refractivity contribution in [3.8, 4) is 0 Å². The molecule has 1 aliphatic rings. The van der Waals surface area contributed by atoms with Gasteiger partial charge in [0.15, 0.2) is 0 Å². The summed E-state index contributed by atoms with van der Waals surface area (Å²) in [6, 6.07) is 0.347. The summed E-state index contributed by atoms with van der Waals surface area (Å²) < 4.78 is 0. The number of hydrogen-bond acceptors (Lipinski definition) is 3. The van der Waals surface area contributed by atoms with Crippen LogP contribution < -0.4 is 5.73 Å². The third-order valence-corrected chi connectivity index (χ3v) is 4.67. The third-order valence-electron chi connectivity index (χ3n) is 4.67. The Morgan fingerprint density at radius 1 is 1.44 bits per heavy atom. The molecular weight excluding hydrogens is 226 g/mol. The minimum Gasteiger partial charge on any atom is -0.341 e. The maximum atomic E-state index is 12.7. The van der Waals surface area contributed by atoms with E-state index in [1.165, 1.54) is 6.42 Å². The zero-order chi connectivity index (χ0) is 13.8. The number of nitrogens with zero attached hydrogens (tertiary/aromatic N) is 2. The van der Waals surface area contributed by atoms with E-state index in [2.05, 4.69) is 25.8 Å². The Balaban J connectivity index is 2.75. The number of hydrogen-bond donors (Lipinski definition) is 1. The van der Waals surface area contributed by atoms with E-state index in [0.29, 0.717) is 12.6 Å². The number of nitrogens with two attached hydrogens (primary N) is 1. The molecule has 0 radical (unpaired) electrons. The highest BCUT2D eigenvalue weighted by Gasteiger charge is 2.38. The van der Waals surface area contributed by atoms with Crippen LogP contribution in [0.1, 0.15) is 39.5 Å². The molecular formula is C14H29N3O. The van der Waals surface area contributed by atoms with E-state index in [1.807, 2.05) is 11.9 Å². The van der Waals surface area contributed by atoms with Crippen molar-refractivity contribution in [1.82, 2.24) is 9.80 Å². The van der Waals surface area contributed by atoms with Gasteiger partial charge in [0.1, 0.15) is 0 Å². The average Bonchev–Trinajstić information content (AvgIpc) is 2.40. The van der Waals surface area contributed by atoms with Crippen molar-refractivity contribution in [2.24, 2.45) is 11.1 Å². The Kier molecular flexibility index (Phi) is 5.60. The fraction of sp³-hybridized carbons (Fsp3) is 0.929. The van der Waals surface area contributed by atoms with Gasteiger partial charge in [0.2, 0.25) is 5.91 Å². The van der Waals surface area contributed by atoms with E-state index in [1.54, 1.807) is 0 Å². The summed E-state index contributed by atoms with van der Waals surface area (Å²) in [6.45, 7) is 6.70. The van der Waals surface area contributed by atoms with E-state index in [-0.39, 0.29) is 11.3 Å². The first kappa shape index (κ1) is 15.4. The lowest BCUT2D eigenvalue weighted by Gasteiger charge is -2.40. The Morgan fingerprint density at radius 2 is 2.06 bits per heavy atom. The summed E-state index contributed by atoms with van der Waals surface area (Å²) in [5.41, 5.74) is 5.51. The second-order valence-corrected chi connectivity index (χ2v) is 5.67. The smallest absolute Gasteiger partial charge is 0.230 e. The van der Waals surface area contributed by atoms with Crippen LogP contribution in [0.5, 0.6) is 0 Å². The highest BCUT2D eigenvalue weighted by molar-refractivity contribution is 5.83. The van der Waals surface area contributed by atoms with Gasteiger partial charge in [0.25, 0.3) is 0 Å². The van der Waals surface area contributed by atoms with Crippen LogP contribution in [0.25, 0.3) is 0 Å². The lowest BCUT2D eigenvalue weighted by Crippen LogP contribution is -2.53. The SMILES string of the molecule is CCC(CC)(CN)C(=O)N(C)C1CCCN(C)C1. The van der Waals surface area contributed by atoms with E-state index >= 15 is 0 Å². The normalized spacial score (nSPS) is 21.9. The van der Waals surface area contributed by atoms with Gasteiger partial charge in [-0.1, -0.05) is 13.8 Å². The maximum absolute atomic E-state index is 12.7. The van der Waals surface area contributed by atoms with E-state index in [9.17, 15) is 4.79 Å². The molecule has 0 spiro atoms. The minimum absolute atomic E-state index is 0.232. The zero-order valence-corrected chi connectivity index (χ0v) is 12.4. The van der Waals surface area contributed by atoms with Crippen molar-refractivity contribution in [2.45, 2.75) is 45.6 Å². The van der Waals surface area contributed by atoms with Crippen LogP contribution in [-0.4, -0.2) is 55.5 Å². The van der Waals surface area contributed by atoms with Gasteiger partial charge in [-0.3, -0.25) is 4.79 Å². The summed E-state index contributed by atoms with van der Waals surface area (Å²) in [4.78, 5) is 17.0. The standard InChI is InChI=1S/C14H29N3O/c1-5-14(6-2,11-15)13(18)17(4)12-8-7-9-16(3)10-12/h12H,5-11,15H2,1-4H3. The van der Waals surface area contributed by atoms with Crippen molar-refractivity contribution in [2.75, 3.05) is 33.7 Å². The molecule has 0 bridgehead atoms. The van der Waals surface area contributed by atoms with Gasteiger partial charge in [0.05, 0.1) is 5.41 Å². The van der Waals surface area contributed by atoms with Gasteiger partial charge < -0.3 is 15.5 Å². The van der Waals surface area contributed by atoms with Gasteiger partial charge >= 0.3 is 0 Å². The zero-order valence-electron chi connectivity index (χ0n) is 12.4. The molecule has 1 unspecified atom stereocenters. The first-order valence-corrected chi connectivity index (χ1v) is 7.16. The monoisotopic (exact) mass is 255 g/mol. The fourth-order valence-electron chi connectivity index (χ4n) is 2.92. The van der Waals surface area contributed by atoms with Crippen molar-refractivity contribution in [1.29, 1.82) is 0 Å². The number of carbonyl (C=O) groups excluding carboxylic acids is 1. The molecule has 1 saturated heterocycles. The molecule has 1 amide bonds. The quantitative estimate of drug-likeness (QED) is 0.805. The van der Waals surface area contributed by atoms with E-state index in [4.69, 9.17) is 5.73 Å². The molecule has 0 saturated carbocycles. The van der Waals surface area contributed by atoms with Crippen LogP contribution in [0.3, 0.4) is 0 Å². The summed E-state index contributed by atoms with van der Waals surface area (Å²) in [5.74, 6) is 0.232. The van der Waals surface area contributed by atoms with Crippen LogP contribution in [0, 0.1) is 5.41 Å². The van der Waals surface area contributed by atoms with Crippen molar-refractivity contribution < 1.29 is 4.79 Å². The van der Waals surface area contributed by atoms with Gasteiger partial charge in [-0.2, -0.15) is 0 Å². The van der Waals surface area contributed by atoms with Gasteiger partial charge in [0, 0.05) is 26.2 Å². The summed E-state index contributed by atoms with van der Waals surface area (Å²) >= 11 is 0. The van der Waals surface area contributed by atoms with Gasteiger partial charge in [-0.15, -0.1) is 0 Å². The van der Waals surface area contributed by atoms with Crippen LogP contribution in [0.15, 0.2) is 0 Å². The second-order valence-electron chi connectivity index (χ2n) is 5.67. The number of piperidine rings is 1. The Bertz CT molecular complexity index is 268. The summed E-state index contributed by atoms with van der Waals surface area (Å²) in [6.07, 6.45) is 3.94. The van der Waals surface area contributed by atoms with Crippen molar-refractivity contribution in [3.63, 3.8) is 0 Å². The molecule has 1 rings (SSSR count). The summed E-state index contributed by atoms with van der Waals surface area (Å²) in [5, 5.41) is 0. The predicted molar refractivity (Wildman–Crippen MR) is 75.4 cm³/mol. The molecule has 0 aromatic heterocycles. The lowest BCUT2D eigenvalue weighted by molar-refractivity contribution is -0.144. The molecule has 2 N–H and O–H groups in total. The fourth-order valence-corrected chi connectivity index (χ4v) is 2.92. The summed E-state index contributed by atoms with van der Waals surface area (Å²) in [7, 11) is 4.07. The molecule has 18 heavy (non-hydrogen) atoms. The molecule has 1 aliphatic heterocycles. The molecule has 1 fully saturated rings. The number of amides is 1. The van der Waals surface area contributed by atoms with Crippen molar-refractivity contribution >= 4 is 5.91 Å². The third kappa shape index (κ3) is 3.04. The number of likely N-dealkylation sites (tertiary alicyclic amines) is 1. The Labute approximate surface area is 111 Å². The number of carbonyl (C=O) groups is 1. The second kappa shape index (κ2) is 6.53. The molecule has 0 aromatic rings. The van der Waals surface area contributed by atoms with Crippen LogP contribution in [0.4, 0.5) is 0 Å². The molecule has 0 aliphatic carbocycles. The van der Waals surface area contributed by atoms with Crippen molar-refractivity contribution in [3.05, 3.63) is 0 Å². The van der Waals surface area contributed by atoms with E-state index in [0.717, 1.165) is 32.4 Å². The molecule has 1 atom stereocenters. The van der Waals surface area contributed by atoms with Crippen LogP contribution >= 0.6 is 0 Å². The molecule has 106 valence electrons. The molecule has 4 nitrogen and oxygen atoms in total. The predicted octanol–water partition coefficient (Wildman–Crippen LogP) is 1.30. The van der Waals surface area contributed by atoms with E-state index < -0.39 is 0 Å². The maximum Gasteiger partial charge on any atom is 0.230 e.